The van der Waals surface area contributed by atoms with Crippen LogP contribution in [0, 0.1) is 11.8 Å². The minimum absolute atomic E-state index is 0.0301. The van der Waals surface area contributed by atoms with Crippen LogP contribution in [-0.4, -0.2) is 145 Å². The lowest BCUT2D eigenvalue weighted by Crippen LogP contribution is -2.63. The number of phenols is 1. The average molecular weight is 1010 g/mol. The monoisotopic (exact) mass is 1010 g/mol. The Morgan fingerprint density at radius 3 is 2.08 bits per heavy atom. The third kappa shape index (κ3) is 11.9. The number of rotatable bonds is 13. The first-order chi connectivity index (χ1) is 34.0. The number of carbonyl (C=O) groups is 3. The van der Waals surface area contributed by atoms with Crippen molar-refractivity contribution in [1.82, 2.24) is 5.32 Å². The molecule has 0 bridgehead atoms. The van der Waals surface area contributed by atoms with E-state index in [1.165, 1.54) is 28.1 Å². The lowest BCUT2D eigenvalue weighted by molar-refractivity contribution is -0.364. The van der Waals surface area contributed by atoms with E-state index in [-0.39, 0.29) is 56.4 Å². The molecule has 1 amide bonds. The number of cyclic esters (lactones) is 1. The largest absolute Gasteiger partial charge is 0.502 e. The molecule has 384 valence electrons. The maximum atomic E-state index is 13.4. The van der Waals surface area contributed by atoms with Crippen LogP contribution in [0.25, 0.3) is 0 Å². The predicted octanol–water partition coefficient (Wildman–Crippen LogP) is 3.86. The number of phenolic OH excluding ortho intramolecular Hbond substituents is 1. The summed E-state index contributed by atoms with van der Waals surface area (Å²) in [6.07, 6.45) is -6.14. The third-order valence-corrected chi connectivity index (χ3v) is 12.7. The van der Waals surface area contributed by atoms with Crippen LogP contribution >= 0.6 is 11.6 Å². The van der Waals surface area contributed by atoms with E-state index in [0.717, 1.165) is 5.56 Å². The van der Waals surface area contributed by atoms with Crippen LogP contribution < -0.4 is 29.0 Å². The van der Waals surface area contributed by atoms with Gasteiger partial charge >= 0.3 is 11.9 Å². The van der Waals surface area contributed by atoms with Crippen molar-refractivity contribution in [2.45, 2.75) is 81.8 Å². The molecule has 71 heavy (non-hydrogen) atoms. The molecule has 5 aliphatic rings. The van der Waals surface area contributed by atoms with Gasteiger partial charge in [-0.2, -0.15) is 0 Å². The lowest BCUT2D eigenvalue weighted by Gasteiger charge is -2.47. The highest BCUT2D eigenvalue weighted by atomic mass is 35.5. The number of carboxylic acid groups (broad SMARTS) is 1. The summed E-state index contributed by atoms with van der Waals surface area (Å²) in [5.41, 5.74) is 2.30. The Labute approximate surface area is 413 Å². The van der Waals surface area contributed by atoms with E-state index in [1.54, 1.807) is 67.6 Å². The molecule has 1 aliphatic carbocycles. The Morgan fingerprint density at radius 2 is 1.48 bits per heavy atom. The zero-order chi connectivity index (χ0) is 51.1. The standard InChI is InChI=1S/C29H32O13.C19H20ClNO4.C2H6O2/c1-11-36-9-20-27(40-11)24(31)25(32)29(41-20)42-26-14-7-17-16(38-10-39-17)6-13(14)21(22-15(26)8-37-28(22)33)12-4-18(34-2)23(30)19(5-12)35-3;1-19(2,18(23)24)25-16-9-3-13(4-10-16)11-12-21-17(22)14-5-7-15(20)8-6-14;3-1-2-4/h4-7,11,15,20-22,24-27,29-32H,8-10H2,1-3H3;3-10H,11-12H2,1-2H3,(H,21,22)(H,23,24);3-4H,1-2H2/t11-,15+,20-,21-,22+,24-,25-,26-,27-,29+;;/m1../s1. The summed E-state index contributed by atoms with van der Waals surface area (Å²) in [5.74, 6) is -1.72. The molecule has 0 radical (unpaired) electrons. The summed E-state index contributed by atoms with van der Waals surface area (Å²) in [4.78, 5) is 36.4. The minimum atomic E-state index is -1.44. The van der Waals surface area contributed by atoms with Gasteiger partial charge in [0, 0.05) is 29.0 Å². The van der Waals surface area contributed by atoms with E-state index in [2.05, 4.69) is 5.32 Å². The van der Waals surface area contributed by atoms with Crippen LogP contribution in [0.5, 0.6) is 34.5 Å². The molecule has 3 fully saturated rings. The predicted molar refractivity (Wildman–Crippen MR) is 249 cm³/mol. The second kappa shape index (κ2) is 23.1. The number of methoxy groups -OCH3 is 2. The number of amides is 1. The van der Waals surface area contributed by atoms with Crippen molar-refractivity contribution < 1.29 is 92.4 Å². The Balaban J connectivity index is 0.000000218. The molecular formula is C50H58ClNO19. The fourth-order valence-electron chi connectivity index (χ4n) is 8.82. The number of aliphatic hydroxyl groups is 4. The summed E-state index contributed by atoms with van der Waals surface area (Å²) in [6, 6.07) is 20.8. The first-order valence-electron chi connectivity index (χ1n) is 22.7. The zero-order valence-corrected chi connectivity index (χ0v) is 40.3. The highest BCUT2D eigenvalue weighted by Gasteiger charge is 2.56. The van der Waals surface area contributed by atoms with Gasteiger partial charge in [0.15, 0.2) is 41.2 Å². The molecule has 10 atom stereocenters. The average Bonchev–Trinajstić information content (AvgIpc) is 3.99. The number of aliphatic carboxylic acids is 1. The van der Waals surface area contributed by atoms with Crippen LogP contribution in [0.2, 0.25) is 5.02 Å². The third-order valence-electron chi connectivity index (χ3n) is 12.5. The highest BCUT2D eigenvalue weighted by Crippen LogP contribution is 2.57. The number of esters is 1. The summed E-state index contributed by atoms with van der Waals surface area (Å²) in [7, 11) is 2.86. The number of benzene rings is 4. The molecule has 9 rings (SSSR count). The number of carbonyl (C=O) groups excluding carboxylic acids is 2. The SMILES string of the molecule is CC(C)(Oc1ccc(CCNC(=O)c2ccc(Cl)cc2)cc1)C(=O)O.COc1cc([C@@H]2c3cc4c(cc3[C@@H](O[C@@H]3O[C@@H]5CO[C@@H](C)O[C@H]5[C@H](O)[C@H]3O)[C@H]3COC(=O)[C@H]23)OCO4)cc(OC)c1O.OCCO. The molecule has 4 aromatic carbocycles. The van der Waals surface area contributed by atoms with Crippen LogP contribution in [0.3, 0.4) is 0 Å². The van der Waals surface area contributed by atoms with Crippen LogP contribution in [0.4, 0.5) is 0 Å². The normalized spacial score (nSPS) is 25.9. The Hall–Kier alpha value is -5.94. The molecule has 4 aromatic rings. The topological polar surface area (TPSA) is 277 Å². The smallest absolute Gasteiger partial charge is 0.347 e. The molecule has 4 heterocycles. The summed E-state index contributed by atoms with van der Waals surface area (Å²) >= 11 is 5.80. The van der Waals surface area contributed by atoms with Gasteiger partial charge in [0.1, 0.15) is 30.2 Å². The molecule has 7 N–H and O–H groups in total. The van der Waals surface area contributed by atoms with Gasteiger partial charge in [-0.15, -0.1) is 0 Å². The van der Waals surface area contributed by atoms with Gasteiger partial charge in [-0.1, -0.05) is 23.7 Å². The number of aliphatic hydroxyl groups excluding tert-OH is 4. The van der Waals surface area contributed by atoms with E-state index < -0.39 is 78.4 Å². The summed E-state index contributed by atoms with van der Waals surface area (Å²) in [5, 5.41) is 60.3. The van der Waals surface area contributed by atoms with Gasteiger partial charge in [-0.3, -0.25) is 9.59 Å². The molecule has 20 nitrogen and oxygen atoms in total. The molecule has 3 saturated heterocycles. The Bertz CT molecular complexity index is 2460. The van der Waals surface area contributed by atoms with Crippen molar-refractivity contribution in [2.75, 3.05) is 54.0 Å². The molecule has 0 spiro atoms. The minimum Gasteiger partial charge on any atom is -0.502 e. The van der Waals surface area contributed by atoms with E-state index in [4.69, 9.17) is 74.3 Å². The van der Waals surface area contributed by atoms with Crippen molar-refractivity contribution in [1.29, 1.82) is 0 Å². The van der Waals surface area contributed by atoms with Gasteiger partial charge < -0.3 is 83.3 Å². The molecule has 0 saturated carbocycles. The van der Waals surface area contributed by atoms with Crippen LogP contribution in [-0.2, 0) is 39.7 Å². The van der Waals surface area contributed by atoms with Gasteiger partial charge in [-0.05, 0) is 110 Å². The van der Waals surface area contributed by atoms with Crippen LogP contribution in [0.15, 0.2) is 72.8 Å². The van der Waals surface area contributed by atoms with Crippen molar-refractivity contribution >= 4 is 29.4 Å². The number of hydrogen-bond donors (Lipinski definition) is 7. The van der Waals surface area contributed by atoms with E-state index in [0.29, 0.717) is 57.5 Å². The highest BCUT2D eigenvalue weighted by molar-refractivity contribution is 6.30. The van der Waals surface area contributed by atoms with E-state index >= 15 is 0 Å². The summed E-state index contributed by atoms with van der Waals surface area (Å²) in [6.45, 7) is 5.16. The number of ether oxygens (including phenoxy) is 10. The zero-order valence-electron chi connectivity index (χ0n) is 39.5. The number of aromatic hydroxyl groups is 1. The van der Waals surface area contributed by atoms with Crippen LogP contribution in [0.1, 0.15) is 65.4 Å². The maximum absolute atomic E-state index is 13.4. The van der Waals surface area contributed by atoms with Crippen molar-refractivity contribution in [2.24, 2.45) is 11.8 Å². The molecular weight excluding hydrogens is 954 g/mol. The second-order valence-electron chi connectivity index (χ2n) is 17.5. The fraction of sp³-hybridized carbons (Fsp3) is 0.460. The first-order valence-corrected chi connectivity index (χ1v) is 23.1. The Morgan fingerprint density at radius 1 is 0.845 bits per heavy atom. The first kappa shape index (κ1) is 52.9. The lowest BCUT2D eigenvalue weighted by atomic mass is 9.66. The van der Waals surface area contributed by atoms with Crippen molar-refractivity contribution in [3.63, 3.8) is 0 Å². The molecule has 4 aliphatic heterocycles. The number of nitrogens with one attached hydrogen (secondary N) is 1. The van der Waals surface area contributed by atoms with Crippen molar-refractivity contribution in [3.8, 4) is 34.5 Å². The van der Waals surface area contributed by atoms with E-state index in [1.807, 2.05) is 12.1 Å². The number of carboxylic acids is 1. The summed E-state index contributed by atoms with van der Waals surface area (Å²) < 4.78 is 57.0. The Kier molecular flexibility index (Phi) is 17.2. The number of hydrogen-bond acceptors (Lipinski definition) is 18. The number of halogens is 1. The van der Waals surface area contributed by atoms with Gasteiger partial charge in [0.25, 0.3) is 5.91 Å². The van der Waals surface area contributed by atoms with E-state index in [9.17, 15) is 29.7 Å². The van der Waals surface area contributed by atoms with Crippen molar-refractivity contribution in [3.05, 3.63) is 106 Å². The number of fused-ring (bicyclic) bond motifs is 4. The fourth-order valence-corrected chi connectivity index (χ4v) is 8.95. The quantitative estimate of drug-likeness (QED) is 0.0937. The van der Waals surface area contributed by atoms with Gasteiger partial charge in [0.2, 0.25) is 12.5 Å². The second-order valence-corrected chi connectivity index (χ2v) is 17.9. The van der Waals surface area contributed by atoms with Gasteiger partial charge in [-0.25, -0.2) is 4.79 Å². The maximum Gasteiger partial charge on any atom is 0.347 e. The molecule has 0 unspecified atom stereocenters. The molecule has 21 heteroatoms. The van der Waals surface area contributed by atoms with Gasteiger partial charge in [0.05, 0.1) is 52.7 Å². The molecule has 0 aromatic heterocycles.